The van der Waals surface area contributed by atoms with Crippen LogP contribution in [0.5, 0.6) is 0 Å². The van der Waals surface area contributed by atoms with E-state index < -0.39 is 32.2 Å². The number of benzene rings is 10. The summed E-state index contributed by atoms with van der Waals surface area (Å²) in [5.41, 5.74) is 6.45. The molecule has 0 N–H and O–H groups in total. The molecular weight excluding hydrogens is 793 g/mol. The van der Waals surface area contributed by atoms with Gasteiger partial charge in [-0.25, -0.2) is 0 Å². The molecule has 0 atom stereocenters. The number of nitrogens with zero attached hydrogens (tertiary/aromatic N) is 2. The van der Waals surface area contributed by atoms with E-state index in [9.17, 15) is 5.48 Å². The van der Waals surface area contributed by atoms with Crippen LogP contribution in [0.15, 0.2) is 247 Å². The molecule has 0 aliphatic rings. The Morgan fingerprint density at radius 2 is 0.875 bits per heavy atom. The van der Waals surface area contributed by atoms with Crippen molar-refractivity contribution in [2.24, 2.45) is 0 Å². The molecule has 13 rings (SSSR count). The third-order valence-corrected chi connectivity index (χ3v) is 17.7. The lowest BCUT2D eigenvalue weighted by molar-refractivity contribution is 0.669. The smallest absolute Gasteiger partial charge is 0.179 e. The van der Waals surface area contributed by atoms with Gasteiger partial charge in [-0.15, -0.1) is 0 Å². The van der Waals surface area contributed by atoms with Crippen LogP contribution in [-0.2, 0) is 0 Å². The molecule has 0 unspecified atom stereocenters. The molecule has 4 heteroatoms. The Morgan fingerprint density at radius 3 is 1.52 bits per heavy atom. The molecule has 10 aromatic carbocycles. The highest BCUT2D eigenvalue weighted by Crippen LogP contribution is 2.45. The van der Waals surface area contributed by atoms with Gasteiger partial charge in [0.05, 0.1) is 44.1 Å². The second-order valence-electron chi connectivity index (χ2n) is 16.2. The number of hydrogen-bond acceptors (Lipinski definition) is 1. The fourth-order valence-electron chi connectivity index (χ4n) is 10.2. The lowest BCUT2D eigenvalue weighted by Gasteiger charge is -2.34. The maximum absolute atomic E-state index is 9.41. The first-order valence-corrected chi connectivity index (χ1v) is 23.4. The van der Waals surface area contributed by atoms with Crippen LogP contribution in [0.1, 0.15) is 11.0 Å². The van der Waals surface area contributed by atoms with Crippen molar-refractivity contribution in [1.29, 1.82) is 0 Å². The van der Waals surface area contributed by atoms with Gasteiger partial charge in [-0.1, -0.05) is 200 Å². The lowest BCUT2D eigenvalue weighted by atomic mass is 10.1. The van der Waals surface area contributed by atoms with Crippen LogP contribution in [0.25, 0.3) is 88.1 Å². The molecule has 64 heavy (non-hydrogen) atoms. The molecule has 0 spiro atoms. The van der Waals surface area contributed by atoms with Gasteiger partial charge in [0.2, 0.25) is 0 Å². The van der Waals surface area contributed by atoms with E-state index in [2.05, 4.69) is 144 Å². The van der Waals surface area contributed by atoms with Crippen molar-refractivity contribution in [3.8, 4) is 22.5 Å². The molecule has 0 amide bonds. The Bertz CT molecular complexity index is 4230. The highest BCUT2D eigenvalue weighted by Gasteiger charge is 2.41. The van der Waals surface area contributed by atoms with E-state index in [1.807, 2.05) is 54.6 Å². The first kappa shape index (κ1) is 29.2. The van der Waals surface area contributed by atoms with Crippen LogP contribution in [0.4, 0.5) is 0 Å². The van der Waals surface area contributed by atoms with E-state index in [1.54, 1.807) is 4.57 Å². The van der Waals surface area contributed by atoms with Crippen molar-refractivity contribution in [2.45, 2.75) is 0 Å². The van der Waals surface area contributed by atoms with E-state index >= 15 is 0 Å². The van der Waals surface area contributed by atoms with Crippen LogP contribution in [0.2, 0.25) is 0 Å². The van der Waals surface area contributed by atoms with E-state index in [4.69, 9.17) is 9.90 Å². The molecule has 0 aliphatic heterocycles. The van der Waals surface area contributed by atoms with E-state index in [1.165, 1.54) is 20.7 Å². The van der Waals surface area contributed by atoms with Crippen LogP contribution in [-0.4, -0.2) is 17.2 Å². The molecule has 0 radical (unpaired) electrons. The van der Waals surface area contributed by atoms with Crippen molar-refractivity contribution >= 4 is 94.4 Å². The highest BCUT2D eigenvalue weighted by molar-refractivity contribution is 7.19. The van der Waals surface area contributed by atoms with Crippen LogP contribution >= 0.6 is 0 Å². The molecule has 3 nitrogen and oxygen atoms in total. The van der Waals surface area contributed by atoms with Gasteiger partial charge in [-0.3, -0.25) is 0 Å². The zero-order valence-electron chi connectivity index (χ0n) is 42.3. The summed E-state index contributed by atoms with van der Waals surface area (Å²) in [6, 6.07) is 64.3. The second kappa shape index (κ2) is 14.5. The molecule has 0 bridgehead atoms. The van der Waals surface area contributed by atoms with Gasteiger partial charge in [-0.2, -0.15) is 0 Å². The maximum Gasteiger partial charge on any atom is 0.179 e. The van der Waals surface area contributed by atoms with Gasteiger partial charge in [0.25, 0.3) is 0 Å². The average molecular weight is 841 g/mol. The SMILES string of the molecule is [2H]c1c([2H])c([2H])c2c(c1[2H])c1c([2H])c([2H])c([2H])c([2H])c1n2-c1cc2oc3ccccc3c2c2c1c1ccccc1n2-c1ccc([Si](c2ccccc2)(c2ccccc2)c2ccc(-c3ccccc3)cc2)cc1. The van der Waals surface area contributed by atoms with Gasteiger partial charge in [0.15, 0.2) is 8.07 Å². The first-order valence-electron chi connectivity index (χ1n) is 25.4. The molecule has 0 saturated carbocycles. The Morgan fingerprint density at radius 1 is 0.375 bits per heavy atom. The summed E-state index contributed by atoms with van der Waals surface area (Å²) >= 11 is 0. The van der Waals surface area contributed by atoms with Crippen molar-refractivity contribution in [2.75, 3.05) is 0 Å². The number of rotatable bonds is 7. The third kappa shape index (κ3) is 5.33. The van der Waals surface area contributed by atoms with Crippen LogP contribution < -0.4 is 20.7 Å². The quantitative estimate of drug-likeness (QED) is 0.116. The number of hydrogen-bond donors (Lipinski definition) is 0. The van der Waals surface area contributed by atoms with Crippen LogP contribution in [0.3, 0.4) is 0 Å². The van der Waals surface area contributed by atoms with Gasteiger partial charge < -0.3 is 13.6 Å². The fraction of sp³-hybridized carbons (Fsp3) is 0. The average Bonchev–Trinajstić information content (AvgIpc) is 4.11. The van der Waals surface area contributed by atoms with Gasteiger partial charge in [0.1, 0.15) is 11.2 Å². The largest absolute Gasteiger partial charge is 0.456 e. The lowest BCUT2D eigenvalue weighted by Crippen LogP contribution is -2.74. The van der Waals surface area contributed by atoms with Crippen molar-refractivity contribution < 1.29 is 15.4 Å². The molecule has 300 valence electrons. The summed E-state index contributed by atoms with van der Waals surface area (Å²) in [4.78, 5) is 0. The normalized spacial score (nSPS) is 13.8. The van der Waals surface area contributed by atoms with Gasteiger partial charge in [0, 0.05) is 38.7 Å². The fourth-order valence-corrected chi connectivity index (χ4v) is 14.9. The predicted octanol–water partition coefficient (Wildman–Crippen LogP) is 12.8. The summed E-state index contributed by atoms with van der Waals surface area (Å²) < 4.78 is 82.9. The molecule has 3 heterocycles. The minimum atomic E-state index is -2.99. The Hall–Kier alpha value is -8.18. The third-order valence-electron chi connectivity index (χ3n) is 12.9. The number of aromatic nitrogens is 2. The molecule has 3 aromatic heterocycles. The zero-order chi connectivity index (χ0) is 49.2. The summed E-state index contributed by atoms with van der Waals surface area (Å²) in [5, 5.41) is 8.17. The van der Waals surface area contributed by atoms with Gasteiger partial charge in [-0.05, 0) is 68.2 Å². The van der Waals surface area contributed by atoms with E-state index in [0.717, 1.165) is 44.0 Å². The van der Waals surface area contributed by atoms with Gasteiger partial charge >= 0.3 is 0 Å². The minimum Gasteiger partial charge on any atom is -0.456 e. The molecule has 0 aliphatic carbocycles. The molecule has 0 saturated heterocycles. The van der Waals surface area contributed by atoms with E-state index in [-0.39, 0.29) is 46.0 Å². The summed E-state index contributed by atoms with van der Waals surface area (Å²) in [5.74, 6) is 0. The monoisotopic (exact) mass is 840 g/mol. The maximum atomic E-state index is 9.41. The van der Waals surface area contributed by atoms with Crippen LogP contribution in [0, 0.1) is 0 Å². The number of furan rings is 1. The Labute approximate surface area is 382 Å². The molecule has 0 fully saturated rings. The Kier molecular flexibility index (Phi) is 6.59. The number of para-hydroxylation sites is 4. The number of fused-ring (bicyclic) bond motifs is 10. The van der Waals surface area contributed by atoms with Crippen molar-refractivity contribution in [1.82, 2.24) is 9.13 Å². The minimum absolute atomic E-state index is 0.0133. The highest BCUT2D eigenvalue weighted by atomic mass is 28.3. The molecular formula is C60H40N2OSi. The summed E-state index contributed by atoms with van der Waals surface area (Å²) in [6.45, 7) is 0. The zero-order valence-corrected chi connectivity index (χ0v) is 35.3. The topological polar surface area (TPSA) is 23.0 Å². The first-order chi connectivity index (χ1) is 35.1. The van der Waals surface area contributed by atoms with E-state index in [0.29, 0.717) is 22.2 Å². The Balaban J connectivity index is 1.14. The summed E-state index contributed by atoms with van der Waals surface area (Å²) in [6.07, 6.45) is 0. The van der Waals surface area contributed by atoms with Crippen molar-refractivity contribution in [3.05, 3.63) is 242 Å². The predicted molar refractivity (Wildman–Crippen MR) is 271 cm³/mol. The van der Waals surface area contributed by atoms with Crippen molar-refractivity contribution in [3.63, 3.8) is 0 Å². The molecule has 13 aromatic rings. The summed E-state index contributed by atoms with van der Waals surface area (Å²) in [7, 11) is -2.99. The standard InChI is InChI=1S/C60H40N2OSi/c1-4-18-41(19-5-1)42-32-36-46(37-33-42)64(44-20-6-2-7-21-44,45-22-8-3-9-23-45)47-38-34-43(35-39-47)61-54-30-16-12-26-50(54)58-55(40-57-59(60(58)61)51-27-13-17-31-56(51)63-57)62-52-28-14-10-24-48(52)49-25-11-15-29-53(49)62/h1-40H/i10D,11D,14D,15D,24D,25D,28D,29D. The second-order valence-corrected chi connectivity index (χ2v) is 20.0.